The topological polar surface area (TPSA) is 134 Å². The largest absolute Gasteiger partial charge is 0.461 e. The van der Waals surface area contributed by atoms with Crippen LogP contribution in [0.25, 0.3) is 0 Å². The van der Waals surface area contributed by atoms with Crippen molar-refractivity contribution in [3.8, 4) is 0 Å². The molecule has 1 saturated carbocycles. The highest BCUT2D eigenvalue weighted by molar-refractivity contribution is 6.39. The number of aliphatic hydroxyl groups is 3. The van der Waals surface area contributed by atoms with E-state index in [2.05, 4.69) is 0 Å². The highest BCUT2D eigenvalue weighted by atomic mass is 16.6. The molecule has 2 heterocycles. The van der Waals surface area contributed by atoms with Gasteiger partial charge in [0.15, 0.2) is 0 Å². The van der Waals surface area contributed by atoms with Gasteiger partial charge in [-0.3, -0.25) is 9.59 Å². The second-order valence-electron chi connectivity index (χ2n) is 11.1. The fourth-order valence-electron chi connectivity index (χ4n) is 5.67. The van der Waals surface area contributed by atoms with E-state index in [0.29, 0.717) is 38.5 Å². The molecule has 1 aliphatic carbocycles. The van der Waals surface area contributed by atoms with Crippen LogP contribution in [0.1, 0.15) is 85.5 Å². The first-order valence-corrected chi connectivity index (χ1v) is 13.3. The number of Topliss-reactive ketones (excluding diaryl/α,β-unsaturated/α-hetero) is 1. The minimum absolute atomic E-state index is 0.0273. The molecule has 9 heteroatoms. The minimum Gasteiger partial charge on any atom is -0.461 e. The van der Waals surface area contributed by atoms with Crippen LogP contribution in [0.5, 0.6) is 0 Å². The lowest BCUT2D eigenvalue weighted by atomic mass is 9.79. The summed E-state index contributed by atoms with van der Waals surface area (Å²) in [7, 11) is 0. The predicted octanol–water partition coefficient (Wildman–Crippen LogP) is 1.94. The monoisotopic (exact) mass is 497 g/mol. The molecule has 3 aliphatic rings. The first-order chi connectivity index (χ1) is 16.4. The molecule has 200 valence electrons. The smallest absolute Gasteiger partial charge is 0.329 e. The number of ether oxygens (including phenoxy) is 2. The summed E-state index contributed by atoms with van der Waals surface area (Å²) in [6.07, 6.45) is 3.58. The van der Waals surface area contributed by atoms with Crippen molar-refractivity contribution in [2.24, 2.45) is 17.8 Å². The average Bonchev–Trinajstić information content (AvgIpc) is 2.82. The molecule has 3 rings (SSSR count). The first kappa shape index (κ1) is 28.0. The van der Waals surface area contributed by atoms with Crippen LogP contribution < -0.4 is 0 Å². The molecule has 0 radical (unpaired) electrons. The molecule has 0 bridgehead atoms. The predicted molar refractivity (Wildman–Crippen MR) is 127 cm³/mol. The zero-order chi connectivity index (χ0) is 25.9. The van der Waals surface area contributed by atoms with Crippen molar-refractivity contribution in [2.75, 3.05) is 6.54 Å². The van der Waals surface area contributed by atoms with Gasteiger partial charge in [0.2, 0.25) is 5.79 Å². The van der Waals surface area contributed by atoms with E-state index in [4.69, 9.17) is 9.47 Å². The molecule has 35 heavy (non-hydrogen) atoms. The summed E-state index contributed by atoms with van der Waals surface area (Å²) >= 11 is 0. The van der Waals surface area contributed by atoms with Crippen LogP contribution in [0.4, 0.5) is 0 Å². The quantitative estimate of drug-likeness (QED) is 0.359. The van der Waals surface area contributed by atoms with Crippen LogP contribution in [0.2, 0.25) is 0 Å². The lowest BCUT2D eigenvalue weighted by molar-refractivity contribution is -0.259. The van der Waals surface area contributed by atoms with E-state index in [1.54, 1.807) is 13.8 Å². The Hall–Kier alpha value is -1.55. The van der Waals surface area contributed by atoms with Crippen LogP contribution in [0.3, 0.4) is 0 Å². The summed E-state index contributed by atoms with van der Waals surface area (Å²) in [6, 6.07) is -0.874. The van der Waals surface area contributed by atoms with Crippen molar-refractivity contribution in [1.82, 2.24) is 4.90 Å². The number of carbonyl (C=O) groups is 3. The SMILES string of the molecule is CC1CCC(C)C(O)(C(=O)C(=O)N2CCCCC2C(=O)OC(C)C(C)CC2CCC(O)C(O)C2)O1. The summed E-state index contributed by atoms with van der Waals surface area (Å²) < 4.78 is 11.3. The van der Waals surface area contributed by atoms with Gasteiger partial charge in [-0.15, -0.1) is 0 Å². The third kappa shape index (κ3) is 6.42. The Balaban J connectivity index is 1.61. The van der Waals surface area contributed by atoms with E-state index >= 15 is 0 Å². The van der Waals surface area contributed by atoms with Gasteiger partial charge in [0, 0.05) is 12.5 Å². The van der Waals surface area contributed by atoms with E-state index < -0.39 is 53.7 Å². The normalized spacial score (nSPS) is 37.9. The number of hydrogen-bond donors (Lipinski definition) is 3. The van der Waals surface area contributed by atoms with E-state index in [1.807, 2.05) is 13.8 Å². The standard InChI is InChI=1S/C26H43NO8/c1-15(13-19-10-11-21(28)22(29)14-19)18(4)34-25(32)20-7-5-6-12-27(20)24(31)23(30)26(33)16(2)8-9-17(3)35-26/h15-22,28-29,33H,5-14H2,1-4H3. The second-order valence-corrected chi connectivity index (χ2v) is 11.1. The number of nitrogens with zero attached hydrogens (tertiary/aromatic N) is 1. The highest BCUT2D eigenvalue weighted by Crippen LogP contribution is 2.34. The number of carbonyl (C=O) groups excluding carboxylic acids is 3. The summed E-state index contributed by atoms with van der Waals surface area (Å²) in [5.41, 5.74) is 0. The van der Waals surface area contributed by atoms with Crippen LogP contribution in [-0.2, 0) is 23.9 Å². The second kappa shape index (κ2) is 11.7. The maximum Gasteiger partial charge on any atom is 0.329 e. The molecule has 9 nitrogen and oxygen atoms in total. The van der Waals surface area contributed by atoms with Gasteiger partial charge in [0.25, 0.3) is 11.7 Å². The van der Waals surface area contributed by atoms with Crippen LogP contribution in [0, 0.1) is 17.8 Å². The minimum atomic E-state index is -2.18. The Morgan fingerprint density at radius 3 is 2.43 bits per heavy atom. The van der Waals surface area contributed by atoms with Crippen LogP contribution >= 0.6 is 0 Å². The Labute approximate surface area is 208 Å². The molecule has 2 saturated heterocycles. The summed E-state index contributed by atoms with van der Waals surface area (Å²) in [5.74, 6) is -4.88. The molecule has 0 spiro atoms. The lowest BCUT2D eigenvalue weighted by Gasteiger charge is -2.41. The van der Waals surface area contributed by atoms with E-state index in [0.717, 1.165) is 19.3 Å². The van der Waals surface area contributed by atoms with Gasteiger partial charge in [0.05, 0.1) is 18.3 Å². The summed E-state index contributed by atoms with van der Waals surface area (Å²) in [5, 5.41) is 30.6. The molecule has 9 atom stereocenters. The van der Waals surface area contributed by atoms with Gasteiger partial charge < -0.3 is 29.7 Å². The number of likely N-dealkylation sites (tertiary alicyclic amines) is 1. The van der Waals surface area contributed by atoms with Crippen molar-refractivity contribution in [1.29, 1.82) is 0 Å². The van der Waals surface area contributed by atoms with Gasteiger partial charge in [-0.1, -0.05) is 13.8 Å². The molecule has 3 N–H and O–H groups in total. The fourth-order valence-corrected chi connectivity index (χ4v) is 5.67. The number of hydrogen-bond acceptors (Lipinski definition) is 8. The zero-order valence-electron chi connectivity index (χ0n) is 21.5. The maximum absolute atomic E-state index is 13.2. The van der Waals surface area contributed by atoms with E-state index in [-0.39, 0.29) is 24.5 Å². The van der Waals surface area contributed by atoms with Crippen LogP contribution in [-0.4, -0.2) is 80.7 Å². The molecule has 1 amide bonds. The molecule has 3 fully saturated rings. The first-order valence-electron chi connectivity index (χ1n) is 13.3. The number of aliphatic hydroxyl groups excluding tert-OH is 2. The molecule has 9 unspecified atom stereocenters. The number of amides is 1. The van der Waals surface area contributed by atoms with Crippen molar-refractivity contribution >= 4 is 17.7 Å². The summed E-state index contributed by atoms with van der Waals surface area (Å²) in [4.78, 5) is 40.6. The zero-order valence-corrected chi connectivity index (χ0v) is 21.5. The van der Waals surface area contributed by atoms with Crippen molar-refractivity contribution in [2.45, 2.75) is 122 Å². The van der Waals surface area contributed by atoms with E-state index in [9.17, 15) is 29.7 Å². The van der Waals surface area contributed by atoms with Crippen molar-refractivity contribution < 1.29 is 39.2 Å². The van der Waals surface area contributed by atoms with Crippen molar-refractivity contribution in [3.05, 3.63) is 0 Å². The molecular weight excluding hydrogens is 454 g/mol. The third-order valence-electron chi connectivity index (χ3n) is 8.31. The third-order valence-corrected chi connectivity index (χ3v) is 8.31. The van der Waals surface area contributed by atoms with Gasteiger partial charge in [-0.25, -0.2) is 4.79 Å². The number of rotatable bonds is 7. The average molecular weight is 498 g/mol. The number of piperidine rings is 1. The molecule has 0 aromatic rings. The van der Waals surface area contributed by atoms with Crippen molar-refractivity contribution in [3.63, 3.8) is 0 Å². The molecule has 0 aromatic heterocycles. The van der Waals surface area contributed by atoms with Gasteiger partial charge >= 0.3 is 5.97 Å². The lowest BCUT2D eigenvalue weighted by Crippen LogP contribution is -2.60. The molecular formula is C26H43NO8. The maximum atomic E-state index is 13.2. The molecule has 0 aromatic carbocycles. The number of esters is 1. The summed E-state index contributed by atoms with van der Waals surface area (Å²) in [6.45, 7) is 7.50. The van der Waals surface area contributed by atoms with Gasteiger partial charge in [0.1, 0.15) is 12.1 Å². The van der Waals surface area contributed by atoms with Crippen LogP contribution in [0.15, 0.2) is 0 Å². The van der Waals surface area contributed by atoms with E-state index in [1.165, 1.54) is 4.90 Å². The Morgan fingerprint density at radius 1 is 1.03 bits per heavy atom. The Bertz CT molecular complexity index is 774. The Morgan fingerprint density at radius 2 is 1.74 bits per heavy atom. The number of ketones is 1. The fraction of sp³-hybridized carbons (Fsp3) is 0.885. The Kier molecular flexibility index (Phi) is 9.34. The van der Waals surface area contributed by atoms with Gasteiger partial charge in [-0.2, -0.15) is 0 Å². The molecule has 2 aliphatic heterocycles. The highest BCUT2D eigenvalue weighted by Gasteiger charge is 2.52. The van der Waals surface area contributed by atoms with Gasteiger partial charge in [-0.05, 0) is 83.5 Å².